The van der Waals surface area contributed by atoms with Gasteiger partial charge < -0.3 is 20.4 Å². The lowest BCUT2D eigenvalue weighted by molar-refractivity contribution is 0.0720. The van der Waals surface area contributed by atoms with Crippen molar-refractivity contribution >= 4 is 11.8 Å². The molecule has 3 aromatic rings. The molecule has 1 aliphatic rings. The van der Waals surface area contributed by atoms with E-state index in [0.29, 0.717) is 40.9 Å². The normalized spacial score (nSPS) is 15.9. The first-order chi connectivity index (χ1) is 17.5. The Morgan fingerprint density at radius 1 is 1.19 bits per heavy atom. The highest BCUT2D eigenvalue weighted by atomic mass is 16.3. The highest BCUT2D eigenvalue weighted by Gasteiger charge is 2.33. The molecule has 4 rings (SSSR count). The summed E-state index contributed by atoms with van der Waals surface area (Å²) in [5.74, 6) is 0.293. The number of hydrogen-bond donors (Lipinski definition) is 2. The number of nitrogens with zero attached hydrogens (tertiary/aromatic N) is 2. The fourth-order valence-electron chi connectivity index (χ4n) is 4.72. The SMILES string of the molecule is CCCC[C@H](N)CNC(=O)c1cc(C(=O)N2CCCC2c2ccco2)cc(-c2ccccc2C#N)c1. The Morgan fingerprint density at radius 2 is 2.00 bits per heavy atom. The van der Waals surface area contributed by atoms with Crippen LogP contribution in [0.25, 0.3) is 11.1 Å². The molecule has 2 atom stereocenters. The molecule has 1 aliphatic heterocycles. The highest BCUT2D eigenvalue weighted by Crippen LogP contribution is 2.34. The van der Waals surface area contributed by atoms with Crippen LogP contribution in [0.4, 0.5) is 0 Å². The quantitative estimate of drug-likeness (QED) is 0.442. The van der Waals surface area contributed by atoms with Crippen molar-refractivity contribution < 1.29 is 14.0 Å². The predicted molar refractivity (Wildman–Crippen MR) is 138 cm³/mol. The number of furan rings is 1. The smallest absolute Gasteiger partial charge is 0.254 e. The number of carbonyl (C=O) groups is 2. The van der Waals surface area contributed by atoms with Gasteiger partial charge in [0.15, 0.2) is 0 Å². The Kier molecular flexibility index (Phi) is 8.19. The van der Waals surface area contributed by atoms with Crippen LogP contribution in [-0.4, -0.2) is 35.8 Å². The molecule has 36 heavy (non-hydrogen) atoms. The third-order valence-electron chi connectivity index (χ3n) is 6.64. The van der Waals surface area contributed by atoms with Gasteiger partial charge in [0, 0.05) is 30.3 Å². The molecule has 0 radical (unpaired) electrons. The first kappa shape index (κ1) is 25.2. The lowest BCUT2D eigenvalue weighted by Gasteiger charge is -2.24. The van der Waals surface area contributed by atoms with Crippen LogP contribution in [-0.2, 0) is 0 Å². The molecule has 7 nitrogen and oxygen atoms in total. The number of nitriles is 1. The number of nitrogens with two attached hydrogens (primary N) is 1. The van der Waals surface area contributed by atoms with Crippen LogP contribution >= 0.6 is 0 Å². The summed E-state index contributed by atoms with van der Waals surface area (Å²) in [7, 11) is 0. The molecule has 1 unspecified atom stereocenters. The van der Waals surface area contributed by atoms with Gasteiger partial charge >= 0.3 is 0 Å². The summed E-state index contributed by atoms with van der Waals surface area (Å²) in [5, 5.41) is 12.5. The van der Waals surface area contributed by atoms with Gasteiger partial charge in [0.1, 0.15) is 5.76 Å². The second kappa shape index (κ2) is 11.7. The van der Waals surface area contributed by atoms with Gasteiger partial charge in [0.05, 0.1) is 23.9 Å². The number of benzene rings is 2. The van der Waals surface area contributed by atoms with E-state index in [0.717, 1.165) is 37.9 Å². The van der Waals surface area contributed by atoms with Gasteiger partial charge in [0.2, 0.25) is 0 Å². The number of rotatable bonds is 9. The van der Waals surface area contributed by atoms with Crippen LogP contribution in [0.5, 0.6) is 0 Å². The largest absolute Gasteiger partial charge is 0.467 e. The van der Waals surface area contributed by atoms with E-state index in [4.69, 9.17) is 10.2 Å². The number of nitrogens with one attached hydrogen (secondary N) is 1. The van der Waals surface area contributed by atoms with Crippen molar-refractivity contribution in [3.05, 3.63) is 83.3 Å². The molecule has 0 aliphatic carbocycles. The number of amides is 2. The molecule has 1 aromatic heterocycles. The summed E-state index contributed by atoms with van der Waals surface area (Å²) >= 11 is 0. The van der Waals surface area contributed by atoms with E-state index in [1.54, 1.807) is 41.5 Å². The average molecular weight is 485 g/mol. The molecule has 2 aromatic carbocycles. The summed E-state index contributed by atoms with van der Waals surface area (Å²) in [6.45, 7) is 3.07. The minimum atomic E-state index is -0.295. The monoisotopic (exact) mass is 484 g/mol. The maximum absolute atomic E-state index is 13.7. The fourth-order valence-corrected chi connectivity index (χ4v) is 4.72. The Labute approximate surface area is 211 Å². The molecular weight excluding hydrogens is 452 g/mol. The standard InChI is InChI=1S/C29H32N4O3/c1-2-3-9-24(31)19-32-28(34)22-15-21(25-10-5-4-8-20(25)18-30)16-23(17-22)29(35)33-13-6-11-26(33)27-12-7-14-36-27/h4-5,7-8,10,12,14-17,24,26H,2-3,6,9,11,13,19,31H2,1H3,(H,32,34)/t24-,26?/m0/s1. The molecule has 0 spiro atoms. The zero-order valence-electron chi connectivity index (χ0n) is 20.6. The molecule has 7 heteroatoms. The van der Waals surface area contributed by atoms with Crippen LogP contribution in [0.15, 0.2) is 65.3 Å². The number of hydrogen-bond acceptors (Lipinski definition) is 5. The van der Waals surface area contributed by atoms with Gasteiger partial charge in [-0.25, -0.2) is 0 Å². The molecule has 186 valence electrons. The van der Waals surface area contributed by atoms with Gasteiger partial charge in [-0.15, -0.1) is 0 Å². The summed E-state index contributed by atoms with van der Waals surface area (Å²) in [6.07, 6.45) is 6.19. The van der Waals surface area contributed by atoms with Crippen LogP contribution in [0.2, 0.25) is 0 Å². The Bertz CT molecular complexity index is 1250. The van der Waals surface area contributed by atoms with Crippen LogP contribution < -0.4 is 11.1 Å². The van der Waals surface area contributed by atoms with Crippen molar-refractivity contribution in [1.82, 2.24) is 10.2 Å². The molecule has 2 amide bonds. The van der Waals surface area contributed by atoms with Crippen molar-refractivity contribution in [2.24, 2.45) is 5.73 Å². The summed E-state index contributed by atoms with van der Waals surface area (Å²) in [6, 6.07) is 17.9. The number of unbranched alkanes of at least 4 members (excludes halogenated alkanes) is 1. The fraction of sp³-hybridized carbons (Fsp3) is 0.345. The Morgan fingerprint density at radius 3 is 2.75 bits per heavy atom. The molecule has 0 saturated carbocycles. The second-order valence-electron chi connectivity index (χ2n) is 9.24. The third kappa shape index (κ3) is 5.67. The highest BCUT2D eigenvalue weighted by molar-refractivity contribution is 6.02. The van der Waals surface area contributed by atoms with Gasteiger partial charge in [-0.05, 0) is 66.8 Å². The van der Waals surface area contributed by atoms with Crippen molar-refractivity contribution in [2.45, 2.75) is 51.1 Å². The summed E-state index contributed by atoms with van der Waals surface area (Å²) in [5.41, 5.74) is 8.71. The van der Waals surface area contributed by atoms with E-state index in [2.05, 4.69) is 18.3 Å². The maximum atomic E-state index is 13.7. The van der Waals surface area contributed by atoms with Gasteiger partial charge in [-0.3, -0.25) is 9.59 Å². The van der Waals surface area contributed by atoms with E-state index in [-0.39, 0.29) is 23.9 Å². The van der Waals surface area contributed by atoms with E-state index in [1.807, 2.05) is 24.3 Å². The number of likely N-dealkylation sites (tertiary alicyclic amines) is 1. The maximum Gasteiger partial charge on any atom is 0.254 e. The van der Waals surface area contributed by atoms with E-state index >= 15 is 0 Å². The predicted octanol–water partition coefficient (Wildman–Crippen LogP) is 5.04. The van der Waals surface area contributed by atoms with Crippen molar-refractivity contribution in [2.75, 3.05) is 13.1 Å². The first-order valence-electron chi connectivity index (χ1n) is 12.5. The molecule has 1 fully saturated rings. The molecule has 2 heterocycles. The van der Waals surface area contributed by atoms with Crippen molar-refractivity contribution in [3.63, 3.8) is 0 Å². The zero-order valence-corrected chi connectivity index (χ0v) is 20.6. The second-order valence-corrected chi connectivity index (χ2v) is 9.24. The van der Waals surface area contributed by atoms with Crippen LogP contribution in [0.3, 0.4) is 0 Å². The van der Waals surface area contributed by atoms with Gasteiger partial charge in [-0.1, -0.05) is 38.0 Å². The lowest BCUT2D eigenvalue weighted by atomic mass is 9.95. The molecule has 3 N–H and O–H groups in total. The Balaban J connectivity index is 1.67. The average Bonchev–Trinajstić information content (AvgIpc) is 3.62. The van der Waals surface area contributed by atoms with Crippen LogP contribution in [0.1, 0.15) is 77.1 Å². The lowest BCUT2D eigenvalue weighted by Crippen LogP contribution is -2.37. The van der Waals surface area contributed by atoms with Crippen molar-refractivity contribution in [3.8, 4) is 17.2 Å². The molecule has 1 saturated heterocycles. The zero-order chi connectivity index (χ0) is 25.5. The van der Waals surface area contributed by atoms with E-state index in [1.165, 1.54) is 0 Å². The Hall–Kier alpha value is -3.89. The summed E-state index contributed by atoms with van der Waals surface area (Å²) < 4.78 is 5.60. The topological polar surface area (TPSA) is 112 Å². The minimum absolute atomic E-state index is 0.129. The van der Waals surface area contributed by atoms with Gasteiger partial charge in [0.25, 0.3) is 11.8 Å². The van der Waals surface area contributed by atoms with E-state index in [9.17, 15) is 14.9 Å². The van der Waals surface area contributed by atoms with Gasteiger partial charge in [-0.2, -0.15) is 5.26 Å². The third-order valence-corrected chi connectivity index (χ3v) is 6.64. The summed E-state index contributed by atoms with van der Waals surface area (Å²) in [4.78, 5) is 28.7. The molecule has 0 bridgehead atoms. The van der Waals surface area contributed by atoms with E-state index < -0.39 is 0 Å². The first-order valence-corrected chi connectivity index (χ1v) is 12.5. The minimum Gasteiger partial charge on any atom is -0.467 e. The van der Waals surface area contributed by atoms with Crippen LogP contribution in [0, 0.1) is 11.3 Å². The molecular formula is C29H32N4O3. The van der Waals surface area contributed by atoms with Crippen molar-refractivity contribution in [1.29, 1.82) is 5.26 Å². The number of carbonyl (C=O) groups excluding carboxylic acids is 2.